The second-order valence-corrected chi connectivity index (χ2v) is 6.34. The minimum Gasteiger partial charge on any atom is -0.494 e. The maximum Gasteiger partial charge on any atom is 0.246 e. The predicted octanol–water partition coefficient (Wildman–Crippen LogP) is 1.97. The van der Waals surface area contributed by atoms with Gasteiger partial charge in [0.25, 0.3) is 0 Å². The molecular formula is C19H29FN2O4. The van der Waals surface area contributed by atoms with Crippen molar-refractivity contribution in [2.75, 3.05) is 46.6 Å². The van der Waals surface area contributed by atoms with Crippen LogP contribution in [-0.2, 0) is 20.8 Å². The molecule has 1 amide bonds. The van der Waals surface area contributed by atoms with Crippen LogP contribution in [0.4, 0.5) is 4.39 Å². The van der Waals surface area contributed by atoms with Crippen LogP contribution in [0, 0.1) is 5.82 Å². The lowest BCUT2D eigenvalue weighted by Crippen LogP contribution is -2.45. The van der Waals surface area contributed by atoms with Gasteiger partial charge in [0.05, 0.1) is 20.3 Å². The number of methoxy groups -OCH3 is 1. The molecule has 1 N–H and O–H groups in total. The van der Waals surface area contributed by atoms with Crippen LogP contribution in [0.15, 0.2) is 18.2 Å². The van der Waals surface area contributed by atoms with Crippen LogP contribution in [0.2, 0.25) is 0 Å². The van der Waals surface area contributed by atoms with E-state index in [0.29, 0.717) is 26.4 Å². The number of ether oxygens (including phenoxy) is 3. The quantitative estimate of drug-likeness (QED) is 0.640. The van der Waals surface area contributed by atoms with Crippen LogP contribution in [0.1, 0.15) is 25.3 Å². The molecule has 0 bridgehead atoms. The molecule has 26 heavy (non-hydrogen) atoms. The maximum absolute atomic E-state index is 13.8. The first-order chi connectivity index (χ1) is 12.6. The van der Waals surface area contributed by atoms with Gasteiger partial charge in [-0.05, 0) is 37.5 Å². The number of hydrogen-bond acceptors (Lipinski definition) is 5. The van der Waals surface area contributed by atoms with Crippen LogP contribution in [0.3, 0.4) is 0 Å². The number of nitrogens with zero attached hydrogens (tertiary/aromatic N) is 1. The zero-order valence-corrected chi connectivity index (χ0v) is 15.6. The van der Waals surface area contributed by atoms with Crippen molar-refractivity contribution in [1.82, 2.24) is 10.2 Å². The minimum absolute atomic E-state index is 0.0679. The Kier molecular flexibility index (Phi) is 8.80. The smallest absolute Gasteiger partial charge is 0.246 e. The second kappa shape index (κ2) is 11.1. The Balaban J connectivity index is 1.65. The van der Waals surface area contributed by atoms with E-state index in [1.165, 1.54) is 13.2 Å². The first kappa shape index (κ1) is 20.6. The lowest BCUT2D eigenvalue weighted by atomic mass is 10.0. The molecule has 1 heterocycles. The van der Waals surface area contributed by atoms with Crippen molar-refractivity contribution in [2.45, 2.75) is 32.4 Å². The van der Waals surface area contributed by atoms with Crippen molar-refractivity contribution < 1.29 is 23.4 Å². The molecule has 0 spiro atoms. The molecule has 6 nitrogen and oxygen atoms in total. The molecule has 146 valence electrons. The molecule has 1 aliphatic heterocycles. The van der Waals surface area contributed by atoms with Crippen LogP contribution < -0.4 is 10.1 Å². The van der Waals surface area contributed by atoms with Gasteiger partial charge in [-0.15, -0.1) is 0 Å². The molecule has 0 unspecified atom stereocenters. The van der Waals surface area contributed by atoms with E-state index in [1.807, 2.05) is 13.0 Å². The van der Waals surface area contributed by atoms with Crippen LogP contribution >= 0.6 is 0 Å². The fourth-order valence-electron chi connectivity index (χ4n) is 3.00. The van der Waals surface area contributed by atoms with E-state index in [9.17, 15) is 9.18 Å². The van der Waals surface area contributed by atoms with Gasteiger partial charge in [-0.1, -0.05) is 6.07 Å². The molecule has 2 rings (SSSR count). The highest BCUT2D eigenvalue weighted by atomic mass is 19.1. The molecule has 1 saturated heterocycles. The first-order valence-electron chi connectivity index (χ1n) is 9.12. The van der Waals surface area contributed by atoms with E-state index >= 15 is 0 Å². The Hall–Kier alpha value is -1.70. The van der Waals surface area contributed by atoms with Gasteiger partial charge in [0, 0.05) is 32.3 Å². The second-order valence-electron chi connectivity index (χ2n) is 6.34. The average molecular weight is 368 g/mol. The molecular weight excluding hydrogens is 339 g/mol. The third kappa shape index (κ3) is 6.90. The fourth-order valence-corrected chi connectivity index (χ4v) is 3.00. The Morgan fingerprint density at radius 3 is 2.65 bits per heavy atom. The van der Waals surface area contributed by atoms with Gasteiger partial charge in [-0.2, -0.15) is 0 Å². The van der Waals surface area contributed by atoms with Crippen molar-refractivity contribution >= 4 is 5.91 Å². The molecule has 1 aromatic carbocycles. The Labute approximate surface area is 154 Å². The Morgan fingerprint density at radius 1 is 1.27 bits per heavy atom. The van der Waals surface area contributed by atoms with Crippen molar-refractivity contribution in [3.63, 3.8) is 0 Å². The number of rotatable bonds is 10. The van der Waals surface area contributed by atoms with E-state index in [-0.39, 0.29) is 30.1 Å². The van der Waals surface area contributed by atoms with E-state index in [0.717, 1.165) is 31.5 Å². The van der Waals surface area contributed by atoms with Gasteiger partial charge in [0.1, 0.15) is 6.61 Å². The third-order valence-electron chi connectivity index (χ3n) is 4.38. The third-order valence-corrected chi connectivity index (χ3v) is 4.38. The lowest BCUT2D eigenvalue weighted by molar-refractivity contribution is -0.127. The molecule has 0 radical (unpaired) electrons. The first-order valence-corrected chi connectivity index (χ1v) is 9.12. The molecule has 0 aliphatic carbocycles. The number of benzene rings is 1. The zero-order chi connectivity index (χ0) is 18.8. The number of carbonyl (C=O) groups is 1. The molecule has 0 aromatic heterocycles. The van der Waals surface area contributed by atoms with E-state index in [1.54, 1.807) is 6.07 Å². The van der Waals surface area contributed by atoms with Gasteiger partial charge in [-0.3, -0.25) is 9.69 Å². The summed E-state index contributed by atoms with van der Waals surface area (Å²) in [4.78, 5) is 14.1. The van der Waals surface area contributed by atoms with E-state index < -0.39 is 0 Å². The number of halogens is 1. The standard InChI is InChI=1S/C19H29FN2O4/c1-3-25-10-11-26-14-19(23)21-16-6-8-22(9-7-16)13-15-4-5-18(24-2)17(20)12-15/h4-5,12,16H,3,6-11,13-14H2,1-2H3,(H,21,23). The number of hydrogen-bond donors (Lipinski definition) is 1. The van der Waals surface area contributed by atoms with Crippen molar-refractivity contribution in [3.8, 4) is 5.75 Å². The average Bonchev–Trinajstić information content (AvgIpc) is 2.63. The Morgan fingerprint density at radius 2 is 2.00 bits per heavy atom. The number of nitrogens with one attached hydrogen (secondary N) is 1. The highest BCUT2D eigenvalue weighted by Gasteiger charge is 2.21. The molecule has 1 fully saturated rings. The summed E-state index contributed by atoms with van der Waals surface area (Å²) in [5.41, 5.74) is 0.925. The van der Waals surface area contributed by atoms with Crippen molar-refractivity contribution in [1.29, 1.82) is 0 Å². The van der Waals surface area contributed by atoms with Crippen LogP contribution in [-0.4, -0.2) is 63.5 Å². The number of piperidine rings is 1. The number of likely N-dealkylation sites (tertiary alicyclic amines) is 1. The maximum atomic E-state index is 13.8. The van der Waals surface area contributed by atoms with Gasteiger partial charge < -0.3 is 19.5 Å². The van der Waals surface area contributed by atoms with Crippen LogP contribution in [0.25, 0.3) is 0 Å². The lowest BCUT2D eigenvalue weighted by Gasteiger charge is -2.32. The zero-order valence-electron chi connectivity index (χ0n) is 15.6. The summed E-state index contributed by atoms with van der Waals surface area (Å²) in [5, 5.41) is 3.01. The monoisotopic (exact) mass is 368 g/mol. The summed E-state index contributed by atoms with van der Waals surface area (Å²) in [7, 11) is 1.46. The summed E-state index contributed by atoms with van der Waals surface area (Å²) in [5.74, 6) is -0.160. The van der Waals surface area contributed by atoms with Gasteiger partial charge in [0.2, 0.25) is 5.91 Å². The van der Waals surface area contributed by atoms with Crippen molar-refractivity contribution in [3.05, 3.63) is 29.6 Å². The fraction of sp³-hybridized carbons (Fsp3) is 0.632. The SMILES string of the molecule is CCOCCOCC(=O)NC1CCN(Cc2ccc(OC)c(F)c2)CC1. The summed E-state index contributed by atoms with van der Waals surface area (Å²) in [6.07, 6.45) is 1.76. The van der Waals surface area contributed by atoms with Gasteiger partial charge >= 0.3 is 0 Å². The molecule has 1 aromatic rings. The normalized spacial score (nSPS) is 15.8. The molecule has 7 heteroatoms. The molecule has 0 atom stereocenters. The van der Waals surface area contributed by atoms with E-state index in [2.05, 4.69) is 10.2 Å². The molecule has 0 saturated carbocycles. The Bertz CT molecular complexity index is 562. The summed E-state index contributed by atoms with van der Waals surface area (Å²) in [6, 6.07) is 5.23. The van der Waals surface area contributed by atoms with Gasteiger partial charge in [-0.25, -0.2) is 4.39 Å². The predicted molar refractivity (Wildman–Crippen MR) is 96.7 cm³/mol. The number of amides is 1. The highest BCUT2D eigenvalue weighted by Crippen LogP contribution is 2.20. The van der Waals surface area contributed by atoms with Crippen LogP contribution in [0.5, 0.6) is 5.75 Å². The number of carbonyl (C=O) groups excluding carboxylic acids is 1. The van der Waals surface area contributed by atoms with Gasteiger partial charge in [0.15, 0.2) is 11.6 Å². The molecule has 1 aliphatic rings. The minimum atomic E-state index is -0.337. The summed E-state index contributed by atoms with van der Waals surface area (Å²) < 4.78 is 29.1. The summed E-state index contributed by atoms with van der Waals surface area (Å²) in [6.45, 7) is 6.00. The van der Waals surface area contributed by atoms with Crippen molar-refractivity contribution in [2.24, 2.45) is 0 Å². The topological polar surface area (TPSA) is 60.0 Å². The largest absolute Gasteiger partial charge is 0.494 e. The van der Waals surface area contributed by atoms with E-state index in [4.69, 9.17) is 14.2 Å². The highest BCUT2D eigenvalue weighted by molar-refractivity contribution is 5.77. The summed E-state index contributed by atoms with van der Waals surface area (Å²) >= 11 is 0.